The number of aromatic nitrogens is 5. The largest absolute Gasteiger partial charge is 0.357 e. The number of amides is 2. The molecule has 0 bridgehead atoms. The van der Waals surface area contributed by atoms with Gasteiger partial charge < -0.3 is 14.8 Å². The number of carbonyl (C=O) groups excluding carboxylic acids is 3. The Bertz CT molecular complexity index is 1400. The molecule has 1 N–H and O–H groups in total. The molecule has 10 nitrogen and oxygen atoms in total. The lowest BCUT2D eigenvalue weighted by Crippen LogP contribution is -2.52. The van der Waals surface area contributed by atoms with Crippen LogP contribution in [0.4, 0.5) is 4.39 Å². The van der Waals surface area contributed by atoms with Crippen LogP contribution in [0.15, 0.2) is 49.1 Å². The highest BCUT2D eigenvalue weighted by molar-refractivity contribution is 6.45. The molecule has 0 unspecified atom stereocenters. The summed E-state index contributed by atoms with van der Waals surface area (Å²) in [4.78, 5) is 52.7. The maximum atomic E-state index is 14.7. The Labute approximate surface area is 193 Å². The lowest BCUT2D eigenvalue weighted by Gasteiger charge is -2.34. The molecule has 1 aliphatic rings. The zero-order chi connectivity index (χ0) is 23.8. The molecular weight excluding hydrogens is 441 g/mol. The molecule has 1 aromatic carbocycles. The molecule has 1 aliphatic heterocycles. The molecule has 0 atom stereocenters. The molecule has 1 saturated heterocycles. The van der Waals surface area contributed by atoms with Gasteiger partial charge in [-0.05, 0) is 19.1 Å². The minimum Gasteiger partial charge on any atom is -0.357 e. The number of halogens is 1. The van der Waals surface area contributed by atoms with Gasteiger partial charge in [0.2, 0.25) is 0 Å². The summed E-state index contributed by atoms with van der Waals surface area (Å²) in [5, 5.41) is 4.05. The van der Waals surface area contributed by atoms with E-state index in [0.29, 0.717) is 24.5 Å². The number of H-pyrrole nitrogens is 1. The normalized spacial score (nSPS) is 13.9. The van der Waals surface area contributed by atoms with E-state index >= 15 is 0 Å². The van der Waals surface area contributed by atoms with Gasteiger partial charge in [-0.2, -0.15) is 9.78 Å². The van der Waals surface area contributed by atoms with Gasteiger partial charge in [0.05, 0.1) is 22.7 Å². The van der Waals surface area contributed by atoms with Crippen molar-refractivity contribution in [2.75, 3.05) is 26.2 Å². The van der Waals surface area contributed by atoms with Gasteiger partial charge in [-0.1, -0.05) is 18.2 Å². The van der Waals surface area contributed by atoms with Gasteiger partial charge in [0.25, 0.3) is 17.6 Å². The Balaban J connectivity index is 1.35. The van der Waals surface area contributed by atoms with Crippen LogP contribution in [0.2, 0.25) is 0 Å². The van der Waals surface area contributed by atoms with Crippen LogP contribution in [0.1, 0.15) is 26.5 Å². The number of hydrogen-bond acceptors (Lipinski definition) is 6. The van der Waals surface area contributed by atoms with Gasteiger partial charge >= 0.3 is 0 Å². The van der Waals surface area contributed by atoms with Crippen LogP contribution in [0, 0.1) is 12.7 Å². The molecule has 2 amide bonds. The number of nitrogens with one attached hydrogen (secondary N) is 1. The molecule has 3 aromatic heterocycles. The number of Topliss-reactive ketones (excluding diaryl/α,β-unsaturated/α-hetero) is 1. The standard InChI is InChI=1S/C23H20FN7O3/c1-14-27-13-28-31(14)21-19-18(17(24)12-26-21)16(11-25-19)20(32)23(34)30-9-7-29(8-10-30)22(33)15-5-3-2-4-6-15/h2-6,11-13,25H,7-10H2,1H3. The van der Waals surface area contributed by atoms with Gasteiger partial charge in [-0.25, -0.2) is 14.4 Å². The summed E-state index contributed by atoms with van der Waals surface area (Å²) in [5.74, 6) is -1.64. The maximum absolute atomic E-state index is 14.7. The van der Waals surface area contributed by atoms with E-state index in [1.165, 1.54) is 22.1 Å². The van der Waals surface area contributed by atoms with E-state index in [0.717, 1.165) is 6.20 Å². The molecule has 34 heavy (non-hydrogen) atoms. The zero-order valence-corrected chi connectivity index (χ0v) is 18.2. The minimum atomic E-state index is -0.833. The summed E-state index contributed by atoms with van der Waals surface area (Å²) in [6.07, 6.45) is 3.63. The van der Waals surface area contributed by atoms with Gasteiger partial charge in [-0.15, -0.1) is 0 Å². The second kappa shape index (κ2) is 8.50. The first kappa shape index (κ1) is 21.4. The fourth-order valence-electron chi connectivity index (χ4n) is 4.08. The summed E-state index contributed by atoms with van der Waals surface area (Å²) in [7, 11) is 0. The third-order valence-corrected chi connectivity index (χ3v) is 5.88. The molecule has 0 saturated carbocycles. The fourth-order valence-corrected chi connectivity index (χ4v) is 4.08. The third-order valence-electron chi connectivity index (χ3n) is 5.88. The van der Waals surface area contributed by atoms with Gasteiger partial charge in [-0.3, -0.25) is 14.4 Å². The quantitative estimate of drug-likeness (QED) is 0.366. The van der Waals surface area contributed by atoms with Gasteiger partial charge in [0.15, 0.2) is 11.6 Å². The Morgan fingerprint density at radius 2 is 1.71 bits per heavy atom. The SMILES string of the molecule is Cc1ncnn1-c1ncc(F)c2c(C(=O)C(=O)N3CCN(C(=O)c4ccccc4)CC3)c[nH]c12. The number of carbonyl (C=O) groups is 3. The number of aryl methyl sites for hydroxylation is 1. The molecule has 0 aliphatic carbocycles. The van der Waals surface area contributed by atoms with Crippen molar-refractivity contribution in [3.05, 3.63) is 71.8 Å². The van der Waals surface area contributed by atoms with E-state index in [2.05, 4.69) is 20.1 Å². The van der Waals surface area contributed by atoms with Crippen LogP contribution >= 0.6 is 0 Å². The summed E-state index contributed by atoms with van der Waals surface area (Å²) in [5.41, 5.74) is 0.726. The Morgan fingerprint density at radius 1 is 1.00 bits per heavy atom. The number of piperazine rings is 1. The van der Waals surface area contributed by atoms with Crippen molar-refractivity contribution in [3.63, 3.8) is 0 Å². The van der Waals surface area contributed by atoms with Crippen molar-refractivity contribution in [1.82, 2.24) is 34.5 Å². The van der Waals surface area contributed by atoms with E-state index in [4.69, 9.17) is 0 Å². The van der Waals surface area contributed by atoms with Crippen molar-refractivity contribution in [3.8, 4) is 5.82 Å². The van der Waals surface area contributed by atoms with Crippen molar-refractivity contribution < 1.29 is 18.8 Å². The third kappa shape index (κ3) is 3.60. The summed E-state index contributed by atoms with van der Waals surface area (Å²) in [6, 6.07) is 8.88. The topological polar surface area (TPSA) is 117 Å². The van der Waals surface area contributed by atoms with Crippen LogP contribution < -0.4 is 0 Å². The first-order valence-corrected chi connectivity index (χ1v) is 10.7. The highest BCUT2D eigenvalue weighted by atomic mass is 19.1. The number of hydrogen-bond donors (Lipinski definition) is 1. The zero-order valence-electron chi connectivity index (χ0n) is 18.2. The molecule has 11 heteroatoms. The van der Waals surface area contributed by atoms with Crippen molar-refractivity contribution >= 4 is 28.5 Å². The first-order chi connectivity index (χ1) is 16.5. The summed E-state index contributed by atoms with van der Waals surface area (Å²) >= 11 is 0. The molecule has 5 rings (SSSR count). The molecule has 0 radical (unpaired) electrons. The lowest BCUT2D eigenvalue weighted by atomic mass is 10.1. The Morgan fingerprint density at radius 3 is 2.38 bits per heavy atom. The first-order valence-electron chi connectivity index (χ1n) is 10.7. The minimum absolute atomic E-state index is 0.0314. The van der Waals surface area contributed by atoms with E-state index in [9.17, 15) is 18.8 Å². The summed E-state index contributed by atoms with van der Waals surface area (Å²) in [6.45, 7) is 2.73. The second-order valence-corrected chi connectivity index (χ2v) is 7.88. The number of fused-ring (bicyclic) bond motifs is 1. The predicted molar refractivity (Wildman–Crippen MR) is 119 cm³/mol. The van der Waals surface area contributed by atoms with Gasteiger partial charge in [0.1, 0.15) is 12.2 Å². The van der Waals surface area contributed by atoms with Crippen LogP contribution in [0.5, 0.6) is 0 Å². The molecule has 172 valence electrons. The second-order valence-electron chi connectivity index (χ2n) is 7.88. The van der Waals surface area contributed by atoms with Crippen molar-refractivity contribution in [1.29, 1.82) is 0 Å². The van der Waals surface area contributed by atoms with E-state index in [1.54, 1.807) is 36.1 Å². The lowest BCUT2D eigenvalue weighted by molar-refractivity contribution is -0.127. The number of pyridine rings is 1. The number of ketones is 1. The van der Waals surface area contributed by atoms with Crippen LogP contribution in [-0.4, -0.2) is 78.3 Å². The molecule has 4 heterocycles. The highest BCUT2D eigenvalue weighted by Crippen LogP contribution is 2.26. The van der Waals surface area contributed by atoms with E-state index in [-0.39, 0.29) is 41.3 Å². The fraction of sp³-hybridized carbons (Fsp3) is 0.217. The number of aromatic amines is 1. The maximum Gasteiger partial charge on any atom is 0.295 e. The average molecular weight is 461 g/mol. The van der Waals surface area contributed by atoms with Crippen molar-refractivity contribution in [2.24, 2.45) is 0 Å². The smallest absolute Gasteiger partial charge is 0.295 e. The van der Waals surface area contributed by atoms with Gasteiger partial charge in [0, 0.05) is 37.9 Å². The average Bonchev–Trinajstić information content (AvgIpc) is 3.51. The van der Waals surface area contributed by atoms with E-state index < -0.39 is 17.5 Å². The van der Waals surface area contributed by atoms with Crippen LogP contribution in [0.3, 0.4) is 0 Å². The van der Waals surface area contributed by atoms with E-state index in [1.807, 2.05) is 6.07 Å². The number of rotatable bonds is 4. The molecular formula is C23H20FN7O3. The highest BCUT2D eigenvalue weighted by Gasteiger charge is 2.31. The molecule has 0 spiro atoms. The van der Waals surface area contributed by atoms with Crippen molar-refractivity contribution in [2.45, 2.75) is 6.92 Å². The molecule has 1 fully saturated rings. The predicted octanol–water partition coefficient (Wildman–Crippen LogP) is 1.76. The Hall–Kier alpha value is -4.41. The van der Waals surface area contributed by atoms with Crippen LogP contribution in [0.25, 0.3) is 16.7 Å². The summed E-state index contributed by atoms with van der Waals surface area (Å²) < 4.78 is 16.1. The monoisotopic (exact) mass is 461 g/mol. The number of benzene rings is 1. The Kier molecular flexibility index (Phi) is 5.36. The number of nitrogens with zero attached hydrogens (tertiary/aromatic N) is 6. The van der Waals surface area contributed by atoms with Crippen LogP contribution in [-0.2, 0) is 4.79 Å². The molecule has 4 aromatic rings.